The predicted molar refractivity (Wildman–Crippen MR) is 120 cm³/mol. The molecule has 1 heterocycles. The van der Waals surface area contributed by atoms with Gasteiger partial charge in [0.25, 0.3) is 0 Å². The Morgan fingerprint density at radius 3 is 2.58 bits per heavy atom. The van der Waals surface area contributed by atoms with E-state index < -0.39 is 6.04 Å². The third-order valence-corrected chi connectivity index (χ3v) is 5.58. The molecular weight excluding hydrogens is 416 g/mol. The molecule has 0 unspecified atom stereocenters. The number of amides is 2. The largest absolute Gasteiger partial charge is 0.454 e. The maximum Gasteiger partial charge on any atom is 0.242 e. The van der Waals surface area contributed by atoms with Crippen LogP contribution in [0.5, 0.6) is 11.5 Å². The minimum atomic E-state index is -0.612. The van der Waals surface area contributed by atoms with Crippen molar-refractivity contribution in [2.75, 3.05) is 13.3 Å². The molecule has 0 saturated carbocycles. The van der Waals surface area contributed by atoms with E-state index in [1.807, 2.05) is 50.2 Å². The molecule has 1 atom stereocenters. The lowest BCUT2D eigenvalue weighted by Gasteiger charge is -2.29. The lowest BCUT2D eigenvalue weighted by Crippen LogP contribution is -2.48. The molecule has 0 aromatic heterocycles. The standard InChI is InChI=1S/C24H29ClN2O4/c1-16(2)13-26-24(29)17(3)27(14-19-6-4-5-7-20(19)25)23(28)11-9-18-8-10-21-22(12-18)31-15-30-21/h4-8,10,12,16-17H,9,11,13-15H2,1-3H3,(H,26,29)/t17-/m0/s1. The Morgan fingerprint density at radius 2 is 1.84 bits per heavy atom. The van der Waals surface area contributed by atoms with Crippen molar-refractivity contribution in [3.8, 4) is 11.5 Å². The van der Waals surface area contributed by atoms with E-state index in [1.165, 1.54) is 0 Å². The minimum Gasteiger partial charge on any atom is -0.454 e. The van der Waals surface area contributed by atoms with Crippen molar-refractivity contribution >= 4 is 23.4 Å². The number of nitrogens with one attached hydrogen (secondary N) is 1. The first kappa shape index (κ1) is 22.9. The van der Waals surface area contributed by atoms with Crippen LogP contribution in [0.25, 0.3) is 0 Å². The average molecular weight is 445 g/mol. The van der Waals surface area contributed by atoms with E-state index in [0.29, 0.717) is 35.4 Å². The molecule has 0 saturated heterocycles. The van der Waals surface area contributed by atoms with Crippen LogP contribution < -0.4 is 14.8 Å². The molecule has 6 nitrogen and oxygen atoms in total. The van der Waals surface area contributed by atoms with Gasteiger partial charge in [-0.1, -0.05) is 49.7 Å². The minimum absolute atomic E-state index is 0.107. The summed E-state index contributed by atoms with van der Waals surface area (Å²) in [4.78, 5) is 27.5. The molecule has 0 aliphatic carbocycles. The van der Waals surface area contributed by atoms with Gasteiger partial charge in [-0.15, -0.1) is 0 Å². The van der Waals surface area contributed by atoms with Crippen molar-refractivity contribution in [3.63, 3.8) is 0 Å². The quantitative estimate of drug-likeness (QED) is 0.629. The zero-order valence-electron chi connectivity index (χ0n) is 18.2. The fraction of sp³-hybridized carbons (Fsp3) is 0.417. The number of carbonyl (C=O) groups excluding carboxylic acids is 2. The zero-order chi connectivity index (χ0) is 22.4. The zero-order valence-corrected chi connectivity index (χ0v) is 18.9. The van der Waals surface area contributed by atoms with Crippen LogP contribution in [0.2, 0.25) is 5.02 Å². The van der Waals surface area contributed by atoms with E-state index in [1.54, 1.807) is 17.9 Å². The molecular formula is C24H29ClN2O4. The van der Waals surface area contributed by atoms with Gasteiger partial charge >= 0.3 is 0 Å². The van der Waals surface area contributed by atoms with Crippen molar-refractivity contribution in [2.24, 2.45) is 5.92 Å². The second kappa shape index (κ2) is 10.5. The average Bonchev–Trinajstić information content (AvgIpc) is 3.22. The van der Waals surface area contributed by atoms with Crippen molar-refractivity contribution in [1.82, 2.24) is 10.2 Å². The maximum atomic E-state index is 13.2. The Kier molecular flexibility index (Phi) is 7.80. The molecule has 0 spiro atoms. The summed E-state index contributed by atoms with van der Waals surface area (Å²) in [5.74, 6) is 1.46. The first-order valence-corrected chi connectivity index (χ1v) is 10.9. The van der Waals surface area contributed by atoms with Crippen LogP contribution in [0, 0.1) is 5.92 Å². The molecule has 3 rings (SSSR count). The van der Waals surface area contributed by atoms with Gasteiger partial charge in [-0.05, 0) is 48.6 Å². The number of hydrogen-bond acceptors (Lipinski definition) is 4. The summed E-state index contributed by atoms with van der Waals surface area (Å²) in [6.07, 6.45) is 0.806. The van der Waals surface area contributed by atoms with Crippen LogP contribution in [-0.2, 0) is 22.6 Å². The summed E-state index contributed by atoms with van der Waals surface area (Å²) in [6, 6.07) is 12.4. The van der Waals surface area contributed by atoms with Crippen LogP contribution in [-0.4, -0.2) is 36.1 Å². The molecule has 166 valence electrons. The molecule has 31 heavy (non-hydrogen) atoms. The number of nitrogens with zero attached hydrogens (tertiary/aromatic N) is 1. The highest BCUT2D eigenvalue weighted by atomic mass is 35.5. The lowest BCUT2D eigenvalue weighted by molar-refractivity contribution is -0.140. The summed E-state index contributed by atoms with van der Waals surface area (Å²) < 4.78 is 10.8. The third kappa shape index (κ3) is 6.14. The van der Waals surface area contributed by atoms with Crippen molar-refractivity contribution in [3.05, 3.63) is 58.6 Å². The van der Waals surface area contributed by atoms with Gasteiger partial charge in [0.2, 0.25) is 18.6 Å². The van der Waals surface area contributed by atoms with Gasteiger partial charge in [0, 0.05) is 24.5 Å². The van der Waals surface area contributed by atoms with Gasteiger partial charge in [-0.3, -0.25) is 9.59 Å². The number of carbonyl (C=O) groups is 2. The Balaban J connectivity index is 1.71. The smallest absolute Gasteiger partial charge is 0.242 e. The van der Waals surface area contributed by atoms with Gasteiger partial charge in [0.15, 0.2) is 11.5 Å². The van der Waals surface area contributed by atoms with Gasteiger partial charge in [-0.25, -0.2) is 0 Å². The molecule has 2 aromatic carbocycles. The highest BCUT2D eigenvalue weighted by Crippen LogP contribution is 2.32. The van der Waals surface area contributed by atoms with Gasteiger partial charge in [0.05, 0.1) is 0 Å². The highest BCUT2D eigenvalue weighted by molar-refractivity contribution is 6.31. The van der Waals surface area contributed by atoms with Gasteiger partial charge in [0.1, 0.15) is 6.04 Å². The Morgan fingerprint density at radius 1 is 1.10 bits per heavy atom. The van der Waals surface area contributed by atoms with E-state index in [-0.39, 0.29) is 31.6 Å². The van der Waals surface area contributed by atoms with Crippen LogP contribution in [0.4, 0.5) is 0 Å². The molecule has 2 amide bonds. The van der Waals surface area contributed by atoms with E-state index in [2.05, 4.69) is 5.32 Å². The SMILES string of the molecule is CC(C)CNC(=O)[C@H](C)N(Cc1ccccc1Cl)C(=O)CCc1ccc2c(c1)OCO2. The molecule has 0 bridgehead atoms. The van der Waals surface area contributed by atoms with E-state index in [4.69, 9.17) is 21.1 Å². The Labute approximate surface area is 188 Å². The topological polar surface area (TPSA) is 67.9 Å². The number of rotatable bonds is 9. The number of halogens is 1. The number of hydrogen-bond donors (Lipinski definition) is 1. The Bertz CT molecular complexity index is 932. The summed E-state index contributed by atoms with van der Waals surface area (Å²) >= 11 is 6.32. The van der Waals surface area contributed by atoms with Gasteiger partial charge in [-0.2, -0.15) is 0 Å². The van der Waals surface area contributed by atoms with E-state index in [0.717, 1.165) is 11.1 Å². The molecule has 1 aliphatic heterocycles. The van der Waals surface area contributed by atoms with Crippen LogP contribution >= 0.6 is 11.6 Å². The van der Waals surface area contributed by atoms with Crippen LogP contribution in [0.1, 0.15) is 38.3 Å². The molecule has 0 radical (unpaired) electrons. The Hall–Kier alpha value is -2.73. The number of aryl methyl sites for hydroxylation is 1. The highest BCUT2D eigenvalue weighted by Gasteiger charge is 2.26. The summed E-state index contributed by atoms with van der Waals surface area (Å²) in [5.41, 5.74) is 1.79. The lowest BCUT2D eigenvalue weighted by atomic mass is 10.1. The molecule has 2 aromatic rings. The molecule has 1 aliphatic rings. The third-order valence-electron chi connectivity index (χ3n) is 5.21. The fourth-order valence-electron chi connectivity index (χ4n) is 3.34. The van der Waals surface area contributed by atoms with Crippen molar-refractivity contribution in [1.29, 1.82) is 0 Å². The van der Waals surface area contributed by atoms with E-state index >= 15 is 0 Å². The van der Waals surface area contributed by atoms with Crippen LogP contribution in [0.3, 0.4) is 0 Å². The molecule has 0 fully saturated rings. The predicted octanol–water partition coefficient (Wildman–Crippen LogP) is 4.19. The molecule has 7 heteroatoms. The summed E-state index contributed by atoms with van der Waals surface area (Å²) in [6.45, 7) is 6.87. The number of fused-ring (bicyclic) bond motifs is 1. The van der Waals surface area contributed by atoms with Crippen molar-refractivity contribution < 1.29 is 19.1 Å². The summed E-state index contributed by atoms with van der Waals surface area (Å²) in [5, 5.41) is 3.50. The second-order valence-electron chi connectivity index (χ2n) is 8.12. The van der Waals surface area contributed by atoms with Gasteiger partial charge < -0.3 is 19.7 Å². The normalized spacial score (nSPS) is 13.2. The van der Waals surface area contributed by atoms with E-state index in [9.17, 15) is 9.59 Å². The van der Waals surface area contributed by atoms with Crippen LogP contribution in [0.15, 0.2) is 42.5 Å². The number of benzene rings is 2. The maximum absolute atomic E-state index is 13.2. The monoisotopic (exact) mass is 444 g/mol. The molecule has 1 N–H and O–H groups in total. The first-order chi connectivity index (χ1) is 14.8. The first-order valence-electron chi connectivity index (χ1n) is 10.5. The summed E-state index contributed by atoms with van der Waals surface area (Å²) in [7, 11) is 0. The second-order valence-corrected chi connectivity index (χ2v) is 8.52. The fourth-order valence-corrected chi connectivity index (χ4v) is 3.53. The van der Waals surface area contributed by atoms with Crippen molar-refractivity contribution in [2.45, 2.75) is 46.2 Å². The number of ether oxygens (including phenoxy) is 2.